The van der Waals surface area contributed by atoms with E-state index >= 15 is 0 Å². The number of allylic oxidation sites excluding steroid dienone is 4. The Bertz CT molecular complexity index is 589. The Morgan fingerprint density at radius 3 is 2.91 bits per heavy atom. The molecule has 122 valence electrons. The van der Waals surface area contributed by atoms with E-state index in [1.54, 1.807) is 6.08 Å². The van der Waals surface area contributed by atoms with Crippen molar-refractivity contribution in [2.24, 2.45) is 11.5 Å². The summed E-state index contributed by atoms with van der Waals surface area (Å²) in [5.41, 5.74) is 12.7. The average molecular weight is 368 g/mol. The van der Waals surface area contributed by atoms with E-state index < -0.39 is 10.7 Å². The van der Waals surface area contributed by atoms with Gasteiger partial charge in [0.2, 0.25) is 0 Å². The molecule has 0 spiro atoms. The van der Waals surface area contributed by atoms with Gasteiger partial charge >= 0.3 is 0 Å². The molecule has 0 aromatic rings. The second kappa shape index (κ2) is 6.60. The van der Waals surface area contributed by atoms with Crippen LogP contribution in [0.4, 0.5) is 4.39 Å². The Kier molecular flexibility index (Phi) is 5.20. The average Bonchev–Trinajstić information content (AvgIpc) is 2.42. The first-order valence-corrected chi connectivity index (χ1v) is 7.91. The van der Waals surface area contributed by atoms with E-state index in [0.717, 1.165) is 0 Å². The number of alkyl halides is 1. The molecule has 1 atom stereocenters. The van der Waals surface area contributed by atoms with Crippen LogP contribution in [-0.4, -0.2) is 29.4 Å². The predicted octanol–water partition coefficient (Wildman–Crippen LogP) is 2.81. The maximum absolute atomic E-state index is 13.8. The standard InChI is InChI=1S/C14H18Cl3FN4/c1-14(17)3-2-9(18)12(16)8(14)7-22-5-4-21-13(20)10(22)6-11(15)19/h2,6,21H,3-5,7,19-20H2,1H3/b11-6-. The molecule has 1 aliphatic carbocycles. The van der Waals surface area contributed by atoms with Crippen molar-refractivity contribution >= 4 is 34.8 Å². The molecule has 22 heavy (non-hydrogen) atoms. The molecule has 1 unspecified atom stereocenters. The molecule has 4 nitrogen and oxygen atoms in total. The molecule has 0 radical (unpaired) electrons. The number of halogens is 4. The van der Waals surface area contributed by atoms with Gasteiger partial charge in [0, 0.05) is 19.6 Å². The maximum atomic E-state index is 13.8. The van der Waals surface area contributed by atoms with Crippen molar-refractivity contribution in [1.29, 1.82) is 0 Å². The topological polar surface area (TPSA) is 67.3 Å². The van der Waals surface area contributed by atoms with Gasteiger partial charge in [0.1, 0.15) is 16.8 Å². The number of rotatable bonds is 3. The molecule has 5 N–H and O–H groups in total. The minimum atomic E-state index is -0.742. The van der Waals surface area contributed by atoms with E-state index in [-0.39, 0.29) is 10.2 Å². The summed E-state index contributed by atoms with van der Waals surface area (Å²) in [7, 11) is 0. The van der Waals surface area contributed by atoms with Crippen LogP contribution in [-0.2, 0) is 0 Å². The molecule has 0 bridgehead atoms. The highest BCUT2D eigenvalue weighted by Crippen LogP contribution is 2.41. The van der Waals surface area contributed by atoms with Crippen LogP contribution >= 0.6 is 34.8 Å². The Hall–Kier alpha value is -1.04. The number of nitrogens with two attached hydrogens (primary N) is 2. The zero-order chi connectivity index (χ0) is 16.5. The van der Waals surface area contributed by atoms with E-state index in [0.29, 0.717) is 43.1 Å². The lowest BCUT2D eigenvalue weighted by molar-refractivity contribution is 0.342. The molecule has 2 rings (SSSR count). The van der Waals surface area contributed by atoms with Crippen molar-refractivity contribution in [2.45, 2.75) is 18.2 Å². The predicted molar refractivity (Wildman–Crippen MR) is 89.9 cm³/mol. The van der Waals surface area contributed by atoms with Gasteiger partial charge in [-0.05, 0) is 31.1 Å². The lowest BCUT2D eigenvalue weighted by atomic mass is 9.91. The number of nitrogens with zero attached hydrogens (tertiary/aromatic N) is 1. The molecule has 2 aliphatic rings. The quantitative estimate of drug-likeness (QED) is 0.530. The van der Waals surface area contributed by atoms with Crippen LogP contribution < -0.4 is 16.8 Å². The first-order chi connectivity index (χ1) is 10.2. The fourth-order valence-electron chi connectivity index (χ4n) is 2.46. The van der Waals surface area contributed by atoms with Crippen LogP contribution in [0.5, 0.6) is 0 Å². The van der Waals surface area contributed by atoms with Crippen LogP contribution in [0, 0.1) is 0 Å². The normalized spacial score (nSPS) is 27.0. The SMILES string of the molecule is CC1(Cl)CC=C(F)C(Cl)=C1CN1CCNC(N)=C1/C=C(\N)Cl. The Labute approximate surface area is 144 Å². The second-order valence-electron chi connectivity index (χ2n) is 5.42. The van der Waals surface area contributed by atoms with E-state index in [4.69, 9.17) is 46.3 Å². The highest BCUT2D eigenvalue weighted by molar-refractivity contribution is 6.34. The lowest BCUT2D eigenvalue weighted by Crippen LogP contribution is -2.44. The first-order valence-electron chi connectivity index (χ1n) is 6.77. The maximum Gasteiger partial charge on any atom is 0.137 e. The number of nitrogens with one attached hydrogen (secondary N) is 1. The largest absolute Gasteiger partial charge is 0.389 e. The third-order valence-electron chi connectivity index (χ3n) is 3.71. The lowest BCUT2D eigenvalue weighted by Gasteiger charge is -2.37. The third-order valence-corrected chi connectivity index (χ3v) is 4.61. The van der Waals surface area contributed by atoms with Gasteiger partial charge in [-0.15, -0.1) is 11.6 Å². The van der Waals surface area contributed by atoms with Crippen molar-refractivity contribution in [2.75, 3.05) is 19.6 Å². The van der Waals surface area contributed by atoms with Gasteiger partial charge in [-0.3, -0.25) is 0 Å². The third kappa shape index (κ3) is 3.65. The van der Waals surface area contributed by atoms with E-state index in [1.807, 2.05) is 11.8 Å². The molecule has 1 heterocycles. The molecule has 0 aromatic heterocycles. The van der Waals surface area contributed by atoms with Crippen molar-refractivity contribution < 1.29 is 4.39 Å². The molecular weight excluding hydrogens is 350 g/mol. The number of hydrogen-bond acceptors (Lipinski definition) is 4. The fourth-order valence-corrected chi connectivity index (χ4v) is 3.19. The van der Waals surface area contributed by atoms with Gasteiger partial charge in [0.25, 0.3) is 0 Å². The zero-order valence-electron chi connectivity index (χ0n) is 12.1. The van der Waals surface area contributed by atoms with Gasteiger partial charge < -0.3 is 21.7 Å². The Morgan fingerprint density at radius 1 is 1.59 bits per heavy atom. The molecule has 0 saturated heterocycles. The Balaban J connectivity index is 2.36. The molecule has 0 saturated carbocycles. The van der Waals surface area contributed by atoms with Crippen molar-refractivity contribution in [3.05, 3.63) is 45.3 Å². The summed E-state index contributed by atoms with van der Waals surface area (Å²) >= 11 is 18.4. The van der Waals surface area contributed by atoms with E-state index in [9.17, 15) is 4.39 Å². The summed E-state index contributed by atoms with van der Waals surface area (Å²) < 4.78 is 13.8. The van der Waals surface area contributed by atoms with Crippen molar-refractivity contribution in [3.8, 4) is 0 Å². The van der Waals surface area contributed by atoms with Crippen LogP contribution in [0.3, 0.4) is 0 Å². The fraction of sp³-hybridized carbons (Fsp3) is 0.429. The minimum absolute atomic E-state index is 0.0584. The molecule has 0 fully saturated rings. The molecule has 1 aliphatic heterocycles. The summed E-state index contributed by atoms with van der Waals surface area (Å²) in [5, 5.41) is 3.20. The summed E-state index contributed by atoms with van der Waals surface area (Å²) in [6.45, 7) is 3.45. The zero-order valence-corrected chi connectivity index (χ0v) is 14.4. The molecular formula is C14H18Cl3FN4. The van der Waals surface area contributed by atoms with Crippen molar-refractivity contribution in [3.63, 3.8) is 0 Å². The highest BCUT2D eigenvalue weighted by Gasteiger charge is 2.34. The smallest absolute Gasteiger partial charge is 0.137 e. The van der Waals surface area contributed by atoms with Gasteiger partial charge in [0.15, 0.2) is 0 Å². The van der Waals surface area contributed by atoms with Gasteiger partial charge in [-0.1, -0.05) is 23.2 Å². The van der Waals surface area contributed by atoms with Crippen LogP contribution in [0.2, 0.25) is 0 Å². The monoisotopic (exact) mass is 366 g/mol. The van der Waals surface area contributed by atoms with Gasteiger partial charge in [0.05, 0.1) is 15.6 Å². The van der Waals surface area contributed by atoms with Gasteiger partial charge in [-0.25, -0.2) is 4.39 Å². The summed E-state index contributed by atoms with van der Waals surface area (Å²) in [4.78, 5) is 1.19. The molecule has 0 amide bonds. The van der Waals surface area contributed by atoms with Crippen LogP contribution in [0.25, 0.3) is 0 Å². The second-order valence-corrected chi connectivity index (χ2v) is 7.07. The number of hydrogen-bond donors (Lipinski definition) is 3. The highest BCUT2D eigenvalue weighted by atomic mass is 35.5. The Morgan fingerprint density at radius 2 is 2.27 bits per heavy atom. The molecule has 8 heteroatoms. The van der Waals surface area contributed by atoms with E-state index in [1.165, 1.54) is 6.08 Å². The molecule has 0 aromatic carbocycles. The summed E-state index contributed by atoms with van der Waals surface area (Å²) in [6, 6.07) is 0. The summed E-state index contributed by atoms with van der Waals surface area (Å²) in [6.07, 6.45) is 3.33. The minimum Gasteiger partial charge on any atom is -0.389 e. The first kappa shape index (κ1) is 17.3. The van der Waals surface area contributed by atoms with Crippen LogP contribution in [0.15, 0.2) is 45.3 Å². The summed E-state index contributed by atoms with van der Waals surface area (Å²) in [5.74, 6) is 0.00509. The van der Waals surface area contributed by atoms with Gasteiger partial charge in [-0.2, -0.15) is 0 Å². The van der Waals surface area contributed by atoms with Crippen molar-refractivity contribution in [1.82, 2.24) is 10.2 Å². The van der Waals surface area contributed by atoms with E-state index in [2.05, 4.69) is 5.32 Å². The van der Waals surface area contributed by atoms with Crippen LogP contribution in [0.1, 0.15) is 13.3 Å².